The molecule has 0 saturated heterocycles. The average molecular weight is 667 g/mol. The average Bonchev–Trinajstić information content (AvgIpc) is 3.09. The minimum absolute atomic E-state index is 0.777. The molecule has 0 radical (unpaired) electrons. The Kier molecular flexibility index (Phi) is 22.4. The van der Waals surface area contributed by atoms with Crippen LogP contribution in [0.3, 0.4) is 0 Å². The molecular formula is C42H66O2S2. The third kappa shape index (κ3) is 15.6. The molecule has 3 rings (SSSR count). The Labute approximate surface area is 291 Å². The van der Waals surface area contributed by atoms with Crippen molar-refractivity contribution in [1.29, 1.82) is 0 Å². The molecule has 0 fully saturated rings. The molecule has 4 heteroatoms. The van der Waals surface area contributed by atoms with Crippen molar-refractivity contribution in [3.8, 4) is 11.5 Å². The maximum atomic E-state index is 6.55. The summed E-state index contributed by atoms with van der Waals surface area (Å²) in [5.74, 6) is 7.43. The van der Waals surface area contributed by atoms with Crippen LogP contribution in [0, 0.1) is 0 Å². The molecule has 0 atom stereocenters. The molecule has 0 bridgehead atoms. The quantitative estimate of drug-likeness (QED) is 0.0520. The molecule has 46 heavy (non-hydrogen) atoms. The SMILES string of the molecule is CCCCCCSCCCCCCCCOc1c2ccccc2c(OCCCCCCCCSCCCCCC)c2ccccc12. The Morgan fingerprint density at radius 2 is 0.652 bits per heavy atom. The Bertz CT molecular complexity index is 1020. The molecule has 0 saturated carbocycles. The second-order valence-electron chi connectivity index (χ2n) is 13.0. The van der Waals surface area contributed by atoms with Crippen LogP contribution in [-0.2, 0) is 0 Å². The maximum Gasteiger partial charge on any atom is 0.135 e. The van der Waals surface area contributed by atoms with Crippen LogP contribution >= 0.6 is 23.5 Å². The molecule has 0 N–H and O–H groups in total. The van der Waals surface area contributed by atoms with Crippen LogP contribution in [-0.4, -0.2) is 36.2 Å². The number of benzene rings is 3. The first-order chi connectivity index (χ1) is 22.9. The molecule has 0 unspecified atom stereocenters. The molecule has 3 aromatic carbocycles. The Balaban J connectivity index is 1.35. The fourth-order valence-corrected chi connectivity index (χ4v) is 8.24. The topological polar surface area (TPSA) is 18.5 Å². The van der Waals surface area contributed by atoms with Crippen molar-refractivity contribution in [1.82, 2.24) is 0 Å². The lowest BCUT2D eigenvalue weighted by Crippen LogP contribution is -2.02. The van der Waals surface area contributed by atoms with E-state index in [1.54, 1.807) is 0 Å². The van der Waals surface area contributed by atoms with E-state index in [0.717, 1.165) is 37.6 Å². The monoisotopic (exact) mass is 666 g/mol. The van der Waals surface area contributed by atoms with Gasteiger partial charge in [-0.2, -0.15) is 23.5 Å². The van der Waals surface area contributed by atoms with Gasteiger partial charge in [0.1, 0.15) is 11.5 Å². The maximum absolute atomic E-state index is 6.55. The highest BCUT2D eigenvalue weighted by Crippen LogP contribution is 2.42. The second kappa shape index (κ2) is 26.4. The molecular weight excluding hydrogens is 601 g/mol. The normalized spacial score (nSPS) is 11.5. The lowest BCUT2D eigenvalue weighted by Gasteiger charge is -2.18. The van der Waals surface area contributed by atoms with Crippen molar-refractivity contribution in [2.45, 2.75) is 142 Å². The third-order valence-corrected chi connectivity index (χ3v) is 11.3. The van der Waals surface area contributed by atoms with Crippen LogP contribution in [0.2, 0.25) is 0 Å². The first-order valence-corrected chi connectivity index (χ1v) is 21.5. The predicted molar refractivity (Wildman–Crippen MR) is 211 cm³/mol. The van der Waals surface area contributed by atoms with Gasteiger partial charge in [-0.3, -0.25) is 0 Å². The fourth-order valence-electron chi connectivity index (χ4n) is 6.20. The summed E-state index contributed by atoms with van der Waals surface area (Å²) in [6.45, 7) is 6.13. The largest absolute Gasteiger partial charge is 0.492 e. The molecule has 0 aliphatic heterocycles. The van der Waals surface area contributed by atoms with Crippen molar-refractivity contribution < 1.29 is 9.47 Å². The highest BCUT2D eigenvalue weighted by molar-refractivity contribution is 7.99. The van der Waals surface area contributed by atoms with Gasteiger partial charge in [0.2, 0.25) is 0 Å². The Hall–Kier alpha value is -1.52. The molecule has 0 heterocycles. The standard InChI is InChI=1S/C42H66O2S2/c1-3-5-7-23-33-45-35-25-15-11-9-13-21-31-43-41-37-27-17-19-29-39(37)42(40-30-20-18-28-38(40)41)44-32-22-14-10-12-16-26-36-46-34-24-8-6-4-2/h17-20,27-30H,3-16,21-26,31-36H2,1-2H3. The van der Waals surface area contributed by atoms with E-state index in [4.69, 9.17) is 9.47 Å². The molecule has 0 aliphatic carbocycles. The van der Waals surface area contributed by atoms with Gasteiger partial charge in [0, 0.05) is 21.5 Å². The predicted octanol–water partition coefficient (Wildman–Crippen LogP) is 14.1. The van der Waals surface area contributed by atoms with E-state index in [1.165, 1.54) is 160 Å². The highest BCUT2D eigenvalue weighted by atomic mass is 32.2. The zero-order valence-electron chi connectivity index (χ0n) is 29.6. The van der Waals surface area contributed by atoms with Gasteiger partial charge in [-0.05, 0) is 61.5 Å². The van der Waals surface area contributed by atoms with Crippen LogP contribution in [0.25, 0.3) is 21.5 Å². The van der Waals surface area contributed by atoms with E-state index in [9.17, 15) is 0 Å². The van der Waals surface area contributed by atoms with Gasteiger partial charge in [-0.15, -0.1) is 0 Å². The summed E-state index contributed by atoms with van der Waals surface area (Å²) in [4.78, 5) is 0. The summed E-state index contributed by atoms with van der Waals surface area (Å²) in [6.07, 6.45) is 26.7. The minimum Gasteiger partial charge on any atom is -0.492 e. The van der Waals surface area contributed by atoms with E-state index in [2.05, 4.69) is 85.9 Å². The van der Waals surface area contributed by atoms with Crippen molar-refractivity contribution in [3.05, 3.63) is 48.5 Å². The molecule has 0 aromatic heterocycles. The molecule has 2 nitrogen and oxygen atoms in total. The first kappa shape index (κ1) is 38.9. The molecule has 0 spiro atoms. The van der Waals surface area contributed by atoms with Gasteiger partial charge in [0.05, 0.1) is 13.2 Å². The zero-order chi connectivity index (χ0) is 32.3. The summed E-state index contributed by atoms with van der Waals surface area (Å²) in [5.41, 5.74) is 0. The fraction of sp³-hybridized carbons (Fsp3) is 0.667. The number of unbranched alkanes of at least 4 members (excludes halogenated alkanes) is 16. The van der Waals surface area contributed by atoms with E-state index < -0.39 is 0 Å². The van der Waals surface area contributed by atoms with Gasteiger partial charge >= 0.3 is 0 Å². The number of fused-ring (bicyclic) bond motifs is 2. The van der Waals surface area contributed by atoms with Crippen LogP contribution in [0.15, 0.2) is 48.5 Å². The van der Waals surface area contributed by atoms with Gasteiger partial charge in [0.15, 0.2) is 0 Å². The highest BCUT2D eigenvalue weighted by Gasteiger charge is 2.15. The smallest absolute Gasteiger partial charge is 0.135 e. The van der Waals surface area contributed by atoms with Crippen LogP contribution in [0.5, 0.6) is 11.5 Å². The van der Waals surface area contributed by atoms with Gasteiger partial charge < -0.3 is 9.47 Å². The third-order valence-electron chi connectivity index (χ3n) is 8.98. The van der Waals surface area contributed by atoms with E-state index in [0.29, 0.717) is 0 Å². The lowest BCUT2D eigenvalue weighted by molar-refractivity contribution is 0.306. The number of hydrogen-bond acceptors (Lipinski definition) is 4. The van der Waals surface area contributed by atoms with Crippen molar-refractivity contribution in [2.75, 3.05) is 36.2 Å². The molecule has 258 valence electrons. The summed E-state index contributed by atoms with van der Waals surface area (Å²) < 4.78 is 13.1. The summed E-state index contributed by atoms with van der Waals surface area (Å²) in [5, 5.41) is 4.69. The summed E-state index contributed by atoms with van der Waals surface area (Å²) in [7, 11) is 0. The second-order valence-corrected chi connectivity index (χ2v) is 15.5. The zero-order valence-corrected chi connectivity index (χ0v) is 31.3. The summed E-state index contributed by atoms with van der Waals surface area (Å²) in [6, 6.07) is 17.3. The van der Waals surface area contributed by atoms with Crippen molar-refractivity contribution >= 4 is 45.1 Å². The van der Waals surface area contributed by atoms with Gasteiger partial charge in [0.25, 0.3) is 0 Å². The van der Waals surface area contributed by atoms with Crippen molar-refractivity contribution in [3.63, 3.8) is 0 Å². The van der Waals surface area contributed by atoms with Crippen LogP contribution in [0.4, 0.5) is 0 Å². The number of hydrogen-bond donors (Lipinski definition) is 0. The Morgan fingerprint density at radius 3 is 0.978 bits per heavy atom. The summed E-state index contributed by atoms with van der Waals surface area (Å²) >= 11 is 4.32. The molecule has 0 aliphatic rings. The lowest BCUT2D eigenvalue weighted by atomic mass is 10.0. The van der Waals surface area contributed by atoms with Gasteiger partial charge in [-0.25, -0.2) is 0 Å². The van der Waals surface area contributed by atoms with E-state index >= 15 is 0 Å². The number of rotatable bonds is 30. The number of thioether (sulfide) groups is 2. The van der Waals surface area contributed by atoms with Gasteiger partial charge in [-0.1, -0.05) is 152 Å². The van der Waals surface area contributed by atoms with E-state index in [-0.39, 0.29) is 0 Å². The molecule has 3 aromatic rings. The van der Waals surface area contributed by atoms with Crippen molar-refractivity contribution in [2.24, 2.45) is 0 Å². The minimum atomic E-state index is 0.777. The molecule has 0 amide bonds. The first-order valence-electron chi connectivity index (χ1n) is 19.2. The number of ether oxygens (including phenoxy) is 2. The Morgan fingerprint density at radius 1 is 0.370 bits per heavy atom. The van der Waals surface area contributed by atoms with E-state index in [1.807, 2.05) is 0 Å². The van der Waals surface area contributed by atoms with Crippen LogP contribution < -0.4 is 9.47 Å². The van der Waals surface area contributed by atoms with Crippen LogP contribution in [0.1, 0.15) is 142 Å².